The number of halogens is 1. The molecule has 0 amide bonds. The normalized spacial score (nSPS) is 20.5. The highest BCUT2D eigenvalue weighted by Gasteiger charge is 2.53. The average Bonchev–Trinajstić information content (AvgIpc) is 3.35. The van der Waals surface area contributed by atoms with Crippen LogP contribution in [0, 0.1) is 5.92 Å². The zero-order valence-electron chi connectivity index (χ0n) is 22.7. The Hall–Kier alpha value is -3.40. The lowest BCUT2D eigenvalue weighted by atomic mass is 9.79. The summed E-state index contributed by atoms with van der Waals surface area (Å²) in [6.45, 7) is 5.61. The van der Waals surface area contributed by atoms with Gasteiger partial charge in [-0.25, -0.2) is 0 Å². The van der Waals surface area contributed by atoms with Crippen LogP contribution in [0.5, 0.6) is 0 Å². The van der Waals surface area contributed by atoms with Crippen LogP contribution in [0.2, 0.25) is 0 Å². The lowest BCUT2D eigenvalue weighted by molar-refractivity contribution is -0.954. The molecule has 0 unspecified atom stereocenters. The maximum absolute atomic E-state index is 14.0. The topological polar surface area (TPSA) is 30.7 Å². The number of ether oxygens (including phenoxy) is 1. The Morgan fingerprint density at radius 1 is 0.718 bits per heavy atom. The molecule has 0 aromatic heterocycles. The molecule has 1 saturated carbocycles. The molecule has 4 heteroatoms. The van der Waals surface area contributed by atoms with Gasteiger partial charge in [0.1, 0.15) is 25.0 Å². The first kappa shape index (κ1) is 28.6. The van der Waals surface area contributed by atoms with E-state index in [0.29, 0.717) is 0 Å². The van der Waals surface area contributed by atoms with Gasteiger partial charge in [-0.2, -0.15) is 0 Å². The molecule has 0 spiro atoms. The predicted molar refractivity (Wildman–Crippen MR) is 153 cm³/mol. The fourth-order valence-electron chi connectivity index (χ4n) is 6.31. The van der Waals surface area contributed by atoms with E-state index in [1.807, 2.05) is 13.8 Å². The van der Waals surface area contributed by atoms with E-state index in [4.69, 9.17) is 4.74 Å². The second-order valence-electron chi connectivity index (χ2n) is 10.8. The Morgan fingerprint density at radius 2 is 1.15 bits per heavy atom. The minimum Gasteiger partial charge on any atom is -1.00 e. The van der Waals surface area contributed by atoms with E-state index in [2.05, 4.69) is 121 Å². The van der Waals surface area contributed by atoms with Crippen LogP contribution in [-0.2, 0) is 22.6 Å². The summed E-state index contributed by atoms with van der Waals surface area (Å²) >= 11 is 0. The first-order valence-corrected chi connectivity index (χ1v) is 13.8. The van der Waals surface area contributed by atoms with E-state index in [-0.39, 0.29) is 48.3 Å². The van der Waals surface area contributed by atoms with Crippen LogP contribution in [0.4, 0.5) is 0 Å². The minimum atomic E-state index is -0.243. The van der Waals surface area contributed by atoms with E-state index >= 15 is 0 Å². The van der Waals surface area contributed by atoms with Crippen LogP contribution < -0.4 is 17.3 Å². The molecule has 0 radical (unpaired) electrons. The molecule has 1 aliphatic rings. The molecule has 0 aliphatic heterocycles. The van der Waals surface area contributed by atoms with Crippen molar-refractivity contribution in [1.29, 1.82) is 0 Å². The summed E-state index contributed by atoms with van der Waals surface area (Å²) in [5.41, 5.74) is 5.08. The van der Waals surface area contributed by atoms with Crippen LogP contribution in [0.1, 0.15) is 54.4 Å². The smallest absolute Gasteiger partial charge is 0.315 e. The molecule has 3 nitrogen and oxygen atoms in total. The second-order valence-corrected chi connectivity index (χ2v) is 10.8. The number of rotatable bonds is 9. The number of carbonyl (C=O) groups excluding carboxylic acids is 1. The third kappa shape index (κ3) is 6.98. The number of carbonyl (C=O) groups is 1. The summed E-state index contributed by atoms with van der Waals surface area (Å²) in [5.74, 6) is -0.0328. The summed E-state index contributed by atoms with van der Waals surface area (Å²) in [5, 5.41) is 0. The molecular formula is C35H38ClNO2. The van der Waals surface area contributed by atoms with E-state index < -0.39 is 0 Å². The molecule has 4 atom stereocenters. The fourth-order valence-corrected chi connectivity index (χ4v) is 6.31. The van der Waals surface area contributed by atoms with Crippen molar-refractivity contribution < 1.29 is 26.8 Å². The summed E-state index contributed by atoms with van der Waals surface area (Å²) in [4.78, 5) is 15.4. The molecule has 39 heavy (non-hydrogen) atoms. The average molecular weight is 540 g/mol. The molecular weight excluding hydrogens is 502 g/mol. The maximum Gasteiger partial charge on any atom is 0.315 e. The molecule has 0 bridgehead atoms. The third-order valence-electron chi connectivity index (χ3n) is 7.87. The van der Waals surface area contributed by atoms with Crippen molar-refractivity contribution >= 4 is 5.97 Å². The van der Waals surface area contributed by atoms with Crippen molar-refractivity contribution in [1.82, 2.24) is 0 Å². The van der Waals surface area contributed by atoms with E-state index in [1.54, 1.807) is 0 Å². The van der Waals surface area contributed by atoms with Crippen LogP contribution in [0.15, 0.2) is 121 Å². The zero-order valence-corrected chi connectivity index (χ0v) is 23.5. The molecule has 1 aliphatic carbocycles. The van der Waals surface area contributed by atoms with Gasteiger partial charge in [0.2, 0.25) is 0 Å². The van der Waals surface area contributed by atoms with Gasteiger partial charge in [-0.15, -0.1) is 0 Å². The molecule has 0 heterocycles. The monoisotopic (exact) mass is 539 g/mol. The number of esters is 1. The van der Waals surface area contributed by atoms with Crippen molar-refractivity contribution in [3.8, 4) is 0 Å². The van der Waals surface area contributed by atoms with Gasteiger partial charge in [0.05, 0.1) is 6.10 Å². The van der Waals surface area contributed by atoms with E-state index in [9.17, 15) is 4.79 Å². The number of benzene rings is 4. The largest absolute Gasteiger partial charge is 1.00 e. The van der Waals surface area contributed by atoms with Crippen LogP contribution >= 0.6 is 0 Å². The highest BCUT2D eigenvalue weighted by Crippen LogP contribution is 2.49. The van der Waals surface area contributed by atoms with E-state index in [1.165, 1.54) is 27.2 Å². The van der Waals surface area contributed by atoms with Crippen LogP contribution in [-0.4, -0.2) is 18.1 Å². The van der Waals surface area contributed by atoms with Gasteiger partial charge >= 0.3 is 5.97 Å². The van der Waals surface area contributed by atoms with Crippen molar-refractivity contribution in [2.24, 2.45) is 5.92 Å². The molecule has 1 N–H and O–H groups in total. The predicted octanol–water partition coefficient (Wildman–Crippen LogP) is 3.18. The van der Waals surface area contributed by atoms with Crippen molar-refractivity contribution in [2.75, 3.05) is 0 Å². The van der Waals surface area contributed by atoms with Gasteiger partial charge in [-0.05, 0) is 30.9 Å². The van der Waals surface area contributed by atoms with Gasteiger partial charge in [-0.1, -0.05) is 121 Å². The summed E-state index contributed by atoms with van der Waals surface area (Å²) < 4.78 is 6.00. The lowest BCUT2D eigenvalue weighted by Crippen LogP contribution is -3.14. The van der Waals surface area contributed by atoms with Gasteiger partial charge < -0.3 is 22.0 Å². The minimum absolute atomic E-state index is 0. The number of nitrogens with one attached hydrogen (secondary N) is 1. The summed E-state index contributed by atoms with van der Waals surface area (Å²) in [7, 11) is 0. The van der Waals surface area contributed by atoms with Crippen molar-refractivity contribution in [3.05, 3.63) is 144 Å². The Morgan fingerprint density at radius 3 is 1.62 bits per heavy atom. The maximum atomic E-state index is 14.0. The number of hydrogen-bond acceptors (Lipinski definition) is 2. The van der Waals surface area contributed by atoms with Gasteiger partial charge in [0.15, 0.2) is 0 Å². The highest BCUT2D eigenvalue weighted by molar-refractivity contribution is 5.75. The number of hydrogen-bond donors (Lipinski definition) is 1. The molecule has 1 fully saturated rings. The lowest BCUT2D eigenvalue weighted by Gasteiger charge is -2.31. The summed E-state index contributed by atoms with van der Waals surface area (Å²) in [6, 6.07) is 42.8. The molecule has 202 valence electrons. The SMILES string of the molecule is CC(C)OC(=O)[C@H]1[C@@H](c2ccccc2)[C@@H](c2ccccc2)C[C@@H]1[NH+](Cc1ccccc1)Cc1ccccc1.[Cl-]. The Balaban J connectivity index is 0.00000353. The van der Waals surface area contributed by atoms with Crippen LogP contribution in [0.25, 0.3) is 0 Å². The first-order valence-electron chi connectivity index (χ1n) is 13.8. The van der Waals surface area contributed by atoms with Gasteiger partial charge in [0.25, 0.3) is 0 Å². The third-order valence-corrected chi connectivity index (χ3v) is 7.87. The Kier molecular flexibility index (Phi) is 9.97. The molecule has 5 rings (SSSR count). The van der Waals surface area contributed by atoms with Crippen LogP contribution in [0.3, 0.4) is 0 Å². The summed E-state index contributed by atoms with van der Waals surface area (Å²) in [6.07, 6.45) is 0.776. The molecule has 0 saturated heterocycles. The van der Waals surface area contributed by atoms with E-state index in [0.717, 1.165) is 19.5 Å². The standard InChI is InChI=1S/C35H37NO2.ClH/c1-26(2)38-35(37)34-32(36(24-27-15-7-3-8-16-27)25-28-17-9-4-10-18-28)23-31(29-19-11-5-12-20-29)33(34)30-21-13-6-14-22-30;/h3-22,26,31-34H,23-25H2,1-2H3;1H/t31-,32+,33+,34-;/m1./s1. The number of quaternary nitrogens is 1. The molecule has 4 aromatic rings. The first-order chi connectivity index (χ1) is 18.6. The van der Waals surface area contributed by atoms with Gasteiger partial charge in [0, 0.05) is 23.5 Å². The zero-order chi connectivity index (χ0) is 26.3. The Labute approximate surface area is 239 Å². The van der Waals surface area contributed by atoms with Gasteiger partial charge in [-0.3, -0.25) is 4.79 Å². The molecule has 4 aromatic carbocycles. The highest BCUT2D eigenvalue weighted by atomic mass is 35.5. The van der Waals surface area contributed by atoms with Crippen molar-refractivity contribution in [3.63, 3.8) is 0 Å². The Bertz CT molecular complexity index is 1240. The fraction of sp³-hybridized carbons (Fsp3) is 0.286. The second kappa shape index (κ2) is 13.6. The van der Waals surface area contributed by atoms with Crippen molar-refractivity contribution in [2.45, 2.75) is 57.3 Å². The quantitative estimate of drug-likeness (QED) is 0.331.